The van der Waals surface area contributed by atoms with Crippen molar-refractivity contribution in [3.8, 4) is 123 Å². The lowest BCUT2D eigenvalue weighted by Gasteiger charge is -2.48. The summed E-state index contributed by atoms with van der Waals surface area (Å²) in [5.41, 5.74) is 42.6. The Morgan fingerprint density at radius 2 is 0.614 bits per heavy atom. The summed E-state index contributed by atoms with van der Waals surface area (Å²) in [6.45, 7) is 5.99. The highest BCUT2D eigenvalue weighted by Crippen LogP contribution is 2.57. The second-order valence-electron chi connectivity index (χ2n) is 35.9. The van der Waals surface area contributed by atoms with Gasteiger partial charge in [-0.25, -0.2) is 0 Å². The van der Waals surface area contributed by atoms with Crippen molar-refractivity contribution in [1.82, 2.24) is 9.13 Å². The Labute approximate surface area is 738 Å². The number of para-hydroxylation sites is 4. The van der Waals surface area contributed by atoms with Gasteiger partial charge in [0.25, 0.3) is 20.1 Å². The molecule has 0 spiro atoms. The third-order valence-electron chi connectivity index (χ3n) is 28.1. The van der Waals surface area contributed by atoms with Crippen molar-refractivity contribution in [1.29, 1.82) is 0 Å². The van der Waals surface area contributed by atoms with Crippen LogP contribution in [-0.4, -0.2) is 29.3 Å². The number of fused-ring (bicyclic) bond motifs is 21. The Kier molecular flexibility index (Phi) is 15.4. The van der Waals surface area contributed by atoms with Gasteiger partial charge in [-0.05, 0) is 170 Å². The van der Waals surface area contributed by atoms with Crippen LogP contribution in [0.3, 0.4) is 0 Å². The number of nitrogens with zero attached hydrogens (tertiary/aromatic N) is 4. The molecule has 6 aliphatic rings. The number of anilines is 6. The fourth-order valence-corrected chi connectivity index (χ4v) is 22.7. The highest BCUT2D eigenvalue weighted by molar-refractivity contribution is 7.06. The third kappa shape index (κ3) is 10.4. The van der Waals surface area contributed by atoms with E-state index in [1.165, 1.54) is 54.7 Å². The first-order valence-electron chi connectivity index (χ1n) is 44.4. The predicted molar refractivity (Wildman–Crippen MR) is 534 cm³/mol. The average Bonchev–Trinajstić information content (AvgIpc) is 1.57. The minimum Gasteiger partial charge on any atom is -0.459 e. The Morgan fingerprint density at radius 3 is 1.10 bits per heavy atom. The van der Waals surface area contributed by atoms with Gasteiger partial charge >= 0.3 is 0 Å². The second kappa shape index (κ2) is 27.3. The highest BCUT2D eigenvalue weighted by atomic mass is 16.5. The van der Waals surface area contributed by atoms with E-state index in [0.29, 0.717) is 0 Å². The van der Waals surface area contributed by atoms with E-state index in [2.05, 4.69) is 452 Å². The quantitative estimate of drug-likeness (QED) is 0.128. The molecule has 9 heteroatoms. The van der Waals surface area contributed by atoms with Crippen LogP contribution >= 0.6 is 0 Å². The molecule has 27 rings (SSSR count). The molecule has 0 atom stereocenters. The molecule has 6 nitrogen and oxygen atoms in total. The molecule has 19 aromatic carbocycles. The molecule has 21 aromatic rings. The van der Waals surface area contributed by atoms with E-state index in [1.54, 1.807) is 0 Å². The molecule has 2 aromatic heterocycles. The number of hydrogen-bond donors (Lipinski definition) is 0. The molecule has 0 fully saturated rings. The van der Waals surface area contributed by atoms with Gasteiger partial charge in [0, 0.05) is 88.9 Å². The summed E-state index contributed by atoms with van der Waals surface area (Å²) in [5.74, 6) is 3.32. The fraction of sp³-hybridized carbons (Fsp3) is 0.0339. The zero-order valence-corrected chi connectivity index (χ0v) is 70.1. The minimum absolute atomic E-state index is 0.325. The van der Waals surface area contributed by atoms with Crippen LogP contribution in [0.25, 0.3) is 144 Å². The van der Waals surface area contributed by atoms with Crippen molar-refractivity contribution >= 4 is 147 Å². The van der Waals surface area contributed by atoms with Crippen LogP contribution < -0.4 is 68.4 Å². The van der Waals surface area contributed by atoms with Crippen LogP contribution in [0.15, 0.2) is 413 Å². The topological polar surface area (TPSA) is 34.8 Å². The van der Waals surface area contributed by atoms with Crippen LogP contribution in [-0.2, 0) is 5.41 Å². The second-order valence-corrected chi connectivity index (χ2v) is 35.9. The van der Waals surface area contributed by atoms with Crippen molar-refractivity contribution in [2.24, 2.45) is 0 Å². The van der Waals surface area contributed by atoms with Gasteiger partial charge in [0.15, 0.2) is 0 Å². The normalized spacial score (nSPS) is 13.2. The standard InChI is InChI=1S/C118H77B3N4O2/c1-118(2,3)83-69-98-106-99(70-83)124(112-87(78-46-24-10-25-47-78)54-33-55-88(112)79-48-26-11-27-49-79)101-71-100-108-115(107(101)120(106)91-62-58-82(74-38-16-6-17-39-74)68-97(91)123(98)111-85(76-42-20-8-21-43-76)52-32-53-86(111)77-44-22-9-23-45-77)125-96-57-31-28-50-89(96)104-84(75-40-18-7-19-41-75)61-63-92(113(104)125)121(108)109-114-105(90-51-29-30-56-95(90)122(100)114)116-110-117(109)127-103-65-60-81(73-36-14-5-15-37-73)67-94(103)119(110)93-66-80(59-64-102(93)126-116)72-34-12-4-13-35-72/h4-71H,1-3H3. The molecular formula is C118H77B3N4O2. The van der Waals surface area contributed by atoms with E-state index in [1.807, 2.05) is 0 Å². The molecule has 590 valence electrons. The van der Waals surface area contributed by atoms with Crippen molar-refractivity contribution < 1.29 is 9.47 Å². The van der Waals surface area contributed by atoms with E-state index in [9.17, 15) is 0 Å². The fourth-order valence-electron chi connectivity index (χ4n) is 22.7. The van der Waals surface area contributed by atoms with Crippen LogP contribution in [0, 0.1) is 0 Å². The smallest absolute Gasteiger partial charge is 0.260 e. The number of aromatic nitrogens is 2. The van der Waals surface area contributed by atoms with Gasteiger partial charge in [0.1, 0.15) is 23.0 Å². The molecule has 6 aliphatic heterocycles. The zero-order valence-electron chi connectivity index (χ0n) is 70.1. The van der Waals surface area contributed by atoms with E-state index < -0.39 is 18.8 Å². The van der Waals surface area contributed by atoms with Gasteiger partial charge in [0.2, 0.25) is 0 Å². The SMILES string of the molecule is CC(C)(C)c1cc2c3c(c1)N(c1c(-c4ccccc4)cccc1-c1ccccc1)c1cc4c5c(c1B3c1ccc(-c3ccccc3)cc1N2c1c(-c2ccccc2)cccc1-c1ccccc1)-n1c2ccccc2c2c(-c3ccccc3)ccc(c21)B5c1c2c3c(c5c6ccccc6n-4c15)Oc1ccc(-c4ccccc4)cc1B3c1cc(-c3ccccc3)ccc1O2. The van der Waals surface area contributed by atoms with E-state index in [-0.39, 0.29) is 6.71 Å². The molecule has 8 heterocycles. The number of rotatable bonds is 10. The summed E-state index contributed by atoms with van der Waals surface area (Å²) in [6, 6.07) is 155. The van der Waals surface area contributed by atoms with E-state index in [0.717, 1.165) is 201 Å². The maximum Gasteiger partial charge on any atom is 0.260 e. The first-order valence-corrected chi connectivity index (χ1v) is 44.4. The molecule has 127 heavy (non-hydrogen) atoms. The van der Waals surface area contributed by atoms with Gasteiger partial charge in [-0.2, -0.15) is 0 Å². The molecule has 0 saturated carbocycles. The zero-order chi connectivity index (χ0) is 83.6. The van der Waals surface area contributed by atoms with Crippen LogP contribution in [0.4, 0.5) is 34.1 Å². The lowest BCUT2D eigenvalue weighted by atomic mass is 9.28. The Hall–Kier alpha value is -15.8. The molecule has 0 aliphatic carbocycles. The molecule has 0 radical (unpaired) electrons. The van der Waals surface area contributed by atoms with Gasteiger partial charge in [-0.3, -0.25) is 0 Å². The summed E-state index contributed by atoms with van der Waals surface area (Å²) in [6.07, 6.45) is 0. The van der Waals surface area contributed by atoms with Crippen molar-refractivity contribution in [2.75, 3.05) is 9.80 Å². The summed E-state index contributed by atoms with van der Waals surface area (Å²) < 4.78 is 21.7. The predicted octanol–water partition coefficient (Wildman–Crippen LogP) is 24.5. The summed E-state index contributed by atoms with van der Waals surface area (Å²) in [7, 11) is 0. The van der Waals surface area contributed by atoms with Gasteiger partial charge in [0.05, 0.1) is 27.9 Å². The number of benzene rings is 19. The van der Waals surface area contributed by atoms with E-state index in [4.69, 9.17) is 9.47 Å². The van der Waals surface area contributed by atoms with Crippen molar-refractivity contribution in [2.45, 2.75) is 26.2 Å². The molecule has 0 amide bonds. The minimum atomic E-state index is -0.456. The molecular weight excluding hydrogens is 1540 g/mol. The van der Waals surface area contributed by atoms with Crippen LogP contribution in [0.5, 0.6) is 23.0 Å². The average molecular weight is 1620 g/mol. The van der Waals surface area contributed by atoms with Gasteiger partial charge in [-0.1, -0.05) is 385 Å². The van der Waals surface area contributed by atoms with Crippen LogP contribution in [0.2, 0.25) is 0 Å². The number of ether oxygens (including phenoxy) is 2. The largest absolute Gasteiger partial charge is 0.459 e. The summed E-state index contributed by atoms with van der Waals surface area (Å²) >= 11 is 0. The first kappa shape index (κ1) is 71.7. The van der Waals surface area contributed by atoms with Crippen LogP contribution in [0.1, 0.15) is 26.3 Å². The Balaban J connectivity index is 0.862. The molecule has 0 N–H and O–H groups in total. The van der Waals surface area contributed by atoms with Crippen molar-refractivity contribution in [3.63, 3.8) is 0 Å². The maximum absolute atomic E-state index is 8.27. The maximum atomic E-state index is 8.27. The molecule has 0 bridgehead atoms. The lowest BCUT2D eigenvalue weighted by Crippen LogP contribution is -2.67. The highest BCUT2D eigenvalue weighted by Gasteiger charge is 2.55. The molecule has 0 unspecified atom stereocenters. The Bertz CT molecular complexity index is 8070. The molecule has 0 saturated heterocycles. The van der Waals surface area contributed by atoms with Crippen molar-refractivity contribution in [3.05, 3.63) is 418 Å². The third-order valence-corrected chi connectivity index (χ3v) is 28.1. The lowest BCUT2D eigenvalue weighted by molar-refractivity contribution is 0.471. The monoisotopic (exact) mass is 1610 g/mol. The number of hydrogen-bond acceptors (Lipinski definition) is 4. The first-order chi connectivity index (χ1) is 62.7. The van der Waals surface area contributed by atoms with Gasteiger partial charge in [-0.15, -0.1) is 0 Å². The summed E-state index contributed by atoms with van der Waals surface area (Å²) in [5, 5.41) is 4.56. The summed E-state index contributed by atoms with van der Waals surface area (Å²) in [4.78, 5) is 5.51. The Morgan fingerprint density at radius 1 is 0.228 bits per heavy atom. The van der Waals surface area contributed by atoms with Gasteiger partial charge < -0.3 is 28.4 Å². The van der Waals surface area contributed by atoms with E-state index >= 15 is 0 Å².